The fourth-order valence-electron chi connectivity index (χ4n) is 4.52. The van der Waals surface area contributed by atoms with Crippen molar-refractivity contribution in [2.75, 3.05) is 6.54 Å². The molecule has 3 aromatic carbocycles. The Labute approximate surface area is 202 Å². The van der Waals surface area contributed by atoms with Gasteiger partial charge in [-0.05, 0) is 39.8 Å². The number of carboxylic acids is 1. The lowest BCUT2D eigenvalue weighted by Crippen LogP contribution is -2.43. The van der Waals surface area contributed by atoms with Gasteiger partial charge in [-0.15, -0.1) is 11.3 Å². The monoisotopic (exact) mass is 465 g/mol. The van der Waals surface area contributed by atoms with Gasteiger partial charge in [0.25, 0.3) is 0 Å². The highest BCUT2D eigenvalue weighted by Crippen LogP contribution is 2.38. The van der Waals surface area contributed by atoms with E-state index in [0.717, 1.165) is 32.7 Å². The van der Waals surface area contributed by atoms with Gasteiger partial charge in [-0.2, -0.15) is 0 Å². The van der Waals surface area contributed by atoms with Crippen LogP contribution in [-0.2, 0) is 9.59 Å². The quantitative estimate of drug-likeness (QED) is 0.384. The van der Waals surface area contributed by atoms with Crippen LogP contribution < -0.4 is 0 Å². The lowest BCUT2D eigenvalue weighted by Gasteiger charge is -2.27. The number of rotatable bonds is 6. The Hall–Kier alpha value is -3.96. The lowest BCUT2D eigenvalue weighted by molar-refractivity contribution is -0.147. The molecule has 34 heavy (non-hydrogen) atoms. The van der Waals surface area contributed by atoms with Crippen molar-refractivity contribution in [2.45, 2.75) is 12.0 Å². The first-order chi connectivity index (χ1) is 16.6. The highest BCUT2D eigenvalue weighted by Gasteiger charge is 2.39. The Morgan fingerprint density at radius 1 is 0.824 bits per heavy atom. The summed E-state index contributed by atoms with van der Waals surface area (Å²) in [7, 11) is 0. The lowest BCUT2D eigenvalue weighted by atomic mass is 9.89. The van der Waals surface area contributed by atoms with Crippen molar-refractivity contribution in [1.82, 2.24) is 4.90 Å². The minimum atomic E-state index is -1.03. The molecule has 0 saturated heterocycles. The number of benzene rings is 3. The topological polar surface area (TPSA) is 57.6 Å². The summed E-state index contributed by atoms with van der Waals surface area (Å²) in [6, 6.07) is 30.2. The molecule has 2 heterocycles. The van der Waals surface area contributed by atoms with E-state index in [1.165, 1.54) is 4.90 Å². The fraction of sp³-hybridized carbons (Fsp3) is 0.103. The van der Waals surface area contributed by atoms with E-state index in [1.807, 2.05) is 102 Å². The molecule has 0 saturated carbocycles. The standard InChI is InChI=1S/C29H23NO3S/c31-28(26(21-12-6-2-7-13-21)22-14-8-3-9-15-22)30-19-23(18-25(30)29(32)33)27-24(16-17-34-27)20-10-4-1-5-11-20/h1-18,25-26H,19H2,(H,32,33). The maximum Gasteiger partial charge on any atom is 0.330 e. The van der Waals surface area contributed by atoms with Gasteiger partial charge in [0.1, 0.15) is 6.04 Å². The second kappa shape index (κ2) is 9.49. The maximum atomic E-state index is 14.0. The second-order valence-electron chi connectivity index (χ2n) is 8.22. The number of aliphatic carboxylic acids is 1. The average molecular weight is 466 g/mol. The molecule has 5 heteroatoms. The molecule has 0 fully saturated rings. The Bertz CT molecular complexity index is 1290. The number of carboxylic acid groups (broad SMARTS) is 1. The zero-order valence-corrected chi connectivity index (χ0v) is 19.2. The van der Waals surface area contributed by atoms with E-state index in [-0.39, 0.29) is 12.5 Å². The minimum absolute atomic E-state index is 0.214. The fourth-order valence-corrected chi connectivity index (χ4v) is 5.46. The van der Waals surface area contributed by atoms with Crippen LogP contribution in [0, 0.1) is 0 Å². The van der Waals surface area contributed by atoms with Gasteiger partial charge in [0.15, 0.2) is 0 Å². The van der Waals surface area contributed by atoms with Crippen molar-refractivity contribution >= 4 is 28.8 Å². The van der Waals surface area contributed by atoms with Crippen molar-refractivity contribution < 1.29 is 14.7 Å². The summed E-state index contributed by atoms with van der Waals surface area (Å²) in [6.07, 6.45) is 1.73. The first-order valence-electron chi connectivity index (χ1n) is 11.1. The van der Waals surface area contributed by atoms with Gasteiger partial charge in [-0.1, -0.05) is 91.0 Å². The molecule has 4 aromatic rings. The molecule has 0 bridgehead atoms. The van der Waals surface area contributed by atoms with Crippen LogP contribution in [0.5, 0.6) is 0 Å². The summed E-state index contributed by atoms with van der Waals surface area (Å²) in [4.78, 5) is 28.7. The number of carbonyl (C=O) groups is 2. The Morgan fingerprint density at radius 2 is 1.38 bits per heavy atom. The Balaban J connectivity index is 1.52. The normalized spacial score (nSPS) is 15.4. The second-order valence-corrected chi connectivity index (χ2v) is 9.14. The SMILES string of the molecule is O=C(O)C1C=C(c2sccc2-c2ccccc2)CN1C(=O)C(c1ccccc1)c1ccccc1. The van der Waals surface area contributed by atoms with Gasteiger partial charge in [-0.25, -0.2) is 4.79 Å². The predicted molar refractivity (Wildman–Crippen MR) is 136 cm³/mol. The molecule has 4 nitrogen and oxygen atoms in total. The zero-order chi connectivity index (χ0) is 23.5. The van der Waals surface area contributed by atoms with E-state index in [1.54, 1.807) is 17.4 Å². The largest absolute Gasteiger partial charge is 0.479 e. The van der Waals surface area contributed by atoms with Gasteiger partial charge in [-0.3, -0.25) is 4.79 Å². The number of nitrogens with zero attached hydrogens (tertiary/aromatic N) is 1. The summed E-state index contributed by atoms with van der Waals surface area (Å²) in [5.74, 6) is -1.82. The van der Waals surface area contributed by atoms with E-state index in [2.05, 4.69) is 0 Å². The number of thiophene rings is 1. The van der Waals surface area contributed by atoms with Gasteiger partial charge >= 0.3 is 5.97 Å². The third kappa shape index (κ3) is 4.18. The summed E-state index contributed by atoms with van der Waals surface area (Å²) < 4.78 is 0. The highest BCUT2D eigenvalue weighted by atomic mass is 32.1. The van der Waals surface area contributed by atoms with E-state index in [0.29, 0.717) is 0 Å². The number of hydrogen-bond acceptors (Lipinski definition) is 3. The zero-order valence-electron chi connectivity index (χ0n) is 18.4. The summed E-state index contributed by atoms with van der Waals surface area (Å²) in [5, 5.41) is 12.0. The summed E-state index contributed by atoms with van der Waals surface area (Å²) >= 11 is 1.57. The molecule has 1 aromatic heterocycles. The maximum absolute atomic E-state index is 14.0. The van der Waals surface area contributed by atoms with Crippen molar-refractivity contribution in [3.63, 3.8) is 0 Å². The first-order valence-corrected chi connectivity index (χ1v) is 12.0. The first kappa shape index (κ1) is 21.9. The van der Waals surface area contributed by atoms with Crippen LogP contribution in [0.2, 0.25) is 0 Å². The molecule has 5 rings (SSSR count). The summed E-state index contributed by atoms with van der Waals surface area (Å²) in [5.41, 5.74) is 4.69. The van der Waals surface area contributed by atoms with Crippen LogP contribution in [0.25, 0.3) is 16.7 Å². The minimum Gasteiger partial charge on any atom is -0.479 e. The van der Waals surface area contributed by atoms with Crippen molar-refractivity contribution in [3.8, 4) is 11.1 Å². The summed E-state index contributed by atoms with van der Waals surface area (Å²) in [6.45, 7) is 0.256. The molecular weight excluding hydrogens is 442 g/mol. The van der Waals surface area contributed by atoms with Crippen LogP contribution in [0.4, 0.5) is 0 Å². The molecule has 0 aliphatic carbocycles. The molecule has 1 atom stereocenters. The van der Waals surface area contributed by atoms with Gasteiger partial charge < -0.3 is 10.0 Å². The third-order valence-electron chi connectivity index (χ3n) is 6.13. The molecule has 1 aliphatic heterocycles. The van der Waals surface area contributed by atoms with Gasteiger partial charge in [0.05, 0.1) is 5.92 Å². The molecule has 1 N–H and O–H groups in total. The molecule has 1 aliphatic rings. The van der Waals surface area contributed by atoms with Crippen molar-refractivity contribution in [2.24, 2.45) is 0 Å². The Morgan fingerprint density at radius 3 is 1.94 bits per heavy atom. The van der Waals surface area contributed by atoms with Crippen LogP contribution >= 0.6 is 11.3 Å². The number of carbonyl (C=O) groups excluding carboxylic acids is 1. The Kier molecular flexibility index (Phi) is 6.11. The molecule has 0 radical (unpaired) electrons. The molecule has 1 amide bonds. The third-order valence-corrected chi connectivity index (χ3v) is 7.12. The van der Waals surface area contributed by atoms with E-state index in [4.69, 9.17) is 0 Å². The van der Waals surface area contributed by atoms with Gasteiger partial charge in [0, 0.05) is 17.0 Å². The van der Waals surface area contributed by atoms with Crippen LogP contribution in [0.1, 0.15) is 21.9 Å². The molecule has 0 spiro atoms. The van der Waals surface area contributed by atoms with Gasteiger partial charge in [0.2, 0.25) is 5.91 Å². The highest BCUT2D eigenvalue weighted by molar-refractivity contribution is 7.11. The van der Waals surface area contributed by atoms with Crippen LogP contribution in [0.3, 0.4) is 0 Å². The average Bonchev–Trinajstić information content (AvgIpc) is 3.54. The van der Waals surface area contributed by atoms with E-state index < -0.39 is 17.9 Å². The van der Waals surface area contributed by atoms with E-state index in [9.17, 15) is 14.7 Å². The van der Waals surface area contributed by atoms with Crippen molar-refractivity contribution in [1.29, 1.82) is 0 Å². The molecule has 1 unspecified atom stereocenters. The smallest absolute Gasteiger partial charge is 0.330 e. The van der Waals surface area contributed by atoms with Crippen LogP contribution in [-0.4, -0.2) is 34.5 Å². The number of hydrogen-bond donors (Lipinski definition) is 1. The predicted octanol–water partition coefficient (Wildman–Crippen LogP) is 5.93. The molecular formula is C29H23NO3S. The van der Waals surface area contributed by atoms with Crippen molar-refractivity contribution in [3.05, 3.63) is 125 Å². The van der Waals surface area contributed by atoms with Crippen LogP contribution in [0.15, 0.2) is 109 Å². The molecule has 168 valence electrons. The van der Waals surface area contributed by atoms with E-state index >= 15 is 0 Å². The number of amides is 1.